The number of halogens is 1. The van der Waals surface area contributed by atoms with Crippen LogP contribution < -0.4 is 5.32 Å². The van der Waals surface area contributed by atoms with Gasteiger partial charge in [-0.25, -0.2) is 0 Å². The van der Waals surface area contributed by atoms with E-state index < -0.39 is 0 Å². The standard InChI is InChI=1S/C15H12IN3O2S/c16-11-1-3-12(4-2-11)17-13(20)5-6-14-18-19-15(21-14)10-7-8-22-9-10/h1-4,7-9H,5-6H2,(H,17,20). The summed E-state index contributed by atoms with van der Waals surface area (Å²) in [7, 11) is 0. The molecular weight excluding hydrogens is 413 g/mol. The van der Waals surface area contributed by atoms with E-state index in [9.17, 15) is 4.79 Å². The molecule has 2 aromatic heterocycles. The van der Waals surface area contributed by atoms with Crippen molar-refractivity contribution in [2.75, 3.05) is 5.32 Å². The molecule has 5 nitrogen and oxygen atoms in total. The minimum absolute atomic E-state index is 0.0727. The van der Waals surface area contributed by atoms with Gasteiger partial charge < -0.3 is 9.73 Å². The molecule has 0 aliphatic rings. The second kappa shape index (κ2) is 7.01. The number of anilines is 1. The van der Waals surface area contributed by atoms with Gasteiger partial charge in [0.05, 0.1) is 0 Å². The third kappa shape index (κ3) is 3.92. The number of aryl methyl sites for hydroxylation is 1. The summed E-state index contributed by atoms with van der Waals surface area (Å²) in [6.45, 7) is 0. The Morgan fingerprint density at radius 2 is 2.05 bits per heavy atom. The summed E-state index contributed by atoms with van der Waals surface area (Å²) in [5.41, 5.74) is 1.70. The molecule has 0 aliphatic heterocycles. The molecule has 7 heteroatoms. The molecule has 0 spiro atoms. The molecule has 22 heavy (non-hydrogen) atoms. The minimum atomic E-state index is -0.0727. The summed E-state index contributed by atoms with van der Waals surface area (Å²) in [5.74, 6) is 0.893. The zero-order valence-electron chi connectivity index (χ0n) is 11.5. The molecule has 3 rings (SSSR count). The first-order valence-corrected chi connectivity index (χ1v) is 8.63. The quantitative estimate of drug-likeness (QED) is 0.629. The van der Waals surface area contributed by atoms with Crippen LogP contribution in [0.2, 0.25) is 0 Å². The average Bonchev–Trinajstić information content (AvgIpc) is 3.18. The number of benzene rings is 1. The highest BCUT2D eigenvalue weighted by molar-refractivity contribution is 14.1. The molecule has 0 radical (unpaired) electrons. The lowest BCUT2D eigenvalue weighted by atomic mass is 10.2. The maximum atomic E-state index is 11.9. The molecule has 1 amide bonds. The highest BCUT2D eigenvalue weighted by Gasteiger charge is 2.11. The van der Waals surface area contributed by atoms with Crippen LogP contribution in [0.1, 0.15) is 12.3 Å². The van der Waals surface area contributed by atoms with Crippen LogP contribution in [0.15, 0.2) is 45.5 Å². The summed E-state index contributed by atoms with van der Waals surface area (Å²) in [5, 5.41) is 14.7. The van der Waals surface area contributed by atoms with Crippen molar-refractivity contribution in [3.63, 3.8) is 0 Å². The maximum absolute atomic E-state index is 11.9. The number of hydrogen-bond acceptors (Lipinski definition) is 5. The van der Waals surface area contributed by atoms with E-state index in [1.54, 1.807) is 11.3 Å². The second-order valence-electron chi connectivity index (χ2n) is 4.57. The molecule has 2 heterocycles. The van der Waals surface area contributed by atoms with Crippen LogP contribution in [-0.2, 0) is 11.2 Å². The lowest BCUT2D eigenvalue weighted by Crippen LogP contribution is -2.12. The zero-order chi connectivity index (χ0) is 15.4. The predicted molar refractivity (Wildman–Crippen MR) is 93.7 cm³/mol. The van der Waals surface area contributed by atoms with E-state index in [0.29, 0.717) is 24.6 Å². The van der Waals surface area contributed by atoms with Gasteiger partial charge in [-0.05, 0) is 58.3 Å². The normalized spacial score (nSPS) is 10.6. The van der Waals surface area contributed by atoms with Gasteiger partial charge in [0.2, 0.25) is 17.7 Å². The van der Waals surface area contributed by atoms with E-state index >= 15 is 0 Å². The van der Waals surface area contributed by atoms with Gasteiger partial charge in [0.1, 0.15) is 0 Å². The Kier molecular flexibility index (Phi) is 4.84. The van der Waals surface area contributed by atoms with Crippen LogP contribution in [0, 0.1) is 3.57 Å². The van der Waals surface area contributed by atoms with Crippen molar-refractivity contribution in [1.29, 1.82) is 0 Å². The maximum Gasteiger partial charge on any atom is 0.248 e. The van der Waals surface area contributed by atoms with Gasteiger partial charge in [-0.3, -0.25) is 4.79 Å². The number of thiophene rings is 1. The number of nitrogens with zero attached hydrogens (tertiary/aromatic N) is 2. The van der Waals surface area contributed by atoms with E-state index in [1.165, 1.54) is 0 Å². The first kappa shape index (κ1) is 15.2. The number of aromatic nitrogens is 2. The van der Waals surface area contributed by atoms with E-state index in [1.807, 2.05) is 41.1 Å². The van der Waals surface area contributed by atoms with Crippen LogP contribution in [0.4, 0.5) is 5.69 Å². The summed E-state index contributed by atoms with van der Waals surface area (Å²) < 4.78 is 6.68. The molecule has 0 unspecified atom stereocenters. The Balaban J connectivity index is 1.54. The summed E-state index contributed by atoms with van der Waals surface area (Å²) in [6.07, 6.45) is 0.727. The smallest absolute Gasteiger partial charge is 0.248 e. The number of rotatable bonds is 5. The van der Waals surface area contributed by atoms with Gasteiger partial charge >= 0.3 is 0 Å². The van der Waals surface area contributed by atoms with Crippen molar-refractivity contribution in [3.05, 3.63) is 50.6 Å². The number of nitrogens with one attached hydrogen (secondary N) is 1. The molecule has 112 valence electrons. The second-order valence-corrected chi connectivity index (χ2v) is 6.59. The Morgan fingerprint density at radius 1 is 1.23 bits per heavy atom. The summed E-state index contributed by atoms with van der Waals surface area (Å²) in [4.78, 5) is 11.9. The van der Waals surface area contributed by atoms with E-state index in [4.69, 9.17) is 4.42 Å². The van der Waals surface area contributed by atoms with Crippen molar-refractivity contribution in [1.82, 2.24) is 10.2 Å². The molecule has 1 aromatic carbocycles. The fourth-order valence-electron chi connectivity index (χ4n) is 1.83. The van der Waals surface area contributed by atoms with E-state index in [0.717, 1.165) is 14.8 Å². The first-order chi connectivity index (χ1) is 10.7. The molecule has 3 aromatic rings. The number of carbonyl (C=O) groups is 1. The molecular formula is C15H12IN3O2S. The van der Waals surface area contributed by atoms with Crippen LogP contribution >= 0.6 is 33.9 Å². The van der Waals surface area contributed by atoms with Gasteiger partial charge in [-0.15, -0.1) is 10.2 Å². The van der Waals surface area contributed by atoms with Gasteiger partial charge in [0, 0.05) is 33.0 Å². The van der Waals surface area contributed by atoms with Crippen LogP contribution in [0.3, 0.4) is 0 Å². The molecule has 0 aliphatic carbocycles. The molecule has 0 bridgehead atoms. The van der Waals surface area contributed by atoms with Crippen LogP contribution in [-0.4, -0.2) is 16.1 Å². The molecule has 0 atom stereocenters. The highest BCUT2D eigenvalue weighted by Crippen LogP contribution is 2.20. The van der Waals surface area contributed by atoms with Crippen molar-refractivity contribution in [2.45, 2.75) is 12.8 Å². The molecule has 1 N–H and O–H groups in total. The topological polar surface area (TPSA) is 68.0 Å². The SMILES string of the molecule is O=C(CCc1nnc(-c2ccsc2)o1)Nc1ccc(I)cc1. The van der Waals surface area contributed by atoms with Crippen molar-refractivity contribution >= 4 is 45.5 Å². The largest absolute Gasteiger partial charge is 0.421 e. The van der Waals surface area contributed by atoms with Crippen LogP contribution in [0.5, 0.6) is 0 Å². The fraction of sp³-hybridized carbons (Fsp3) is 0.133. The minimum Gasteiger partial charge on any atom is -0.421 e. The van der Waals surface area contributed by atoms with Gasteiger partial charge in [0.25, 0.3) is 0 Å². The Labute approximate surface area is 144 Å². The van der Waals surface area contributed by atoms with Gasteiger partial charge in [-0.1, -0.05) is 0 Å². The predicted octanol–water partition coefficient (Wildman–Crippen LogP) is 3.97. The lowest BCUT2D eigenvalue weighted by molar-refractivity contribution is -0.116. The highest BCUT2D eigenvalue weighted by atomic mass is 127. The molecule has 0 saturated heterocycles. The third-order valence-electron chi connectivity index (χ3n) is 2.93. The first-order valence-electron chi connectivity index (χ1n) is 6.61. The number of hydrogen-bond donors (Lipinski definition) is 1. The summed E-state index contributed by atoms with van der Waals surface area (Å²) >= 11 is 3.79. The zero-order valence-corrected chi connectivity index (χ0v) is 14.4. The Hall–Kier alpha value is -1.74. The number of amides is 1. The molecule has 0 fully saturated rings. The van der Waals surface area contributed by atoms with Gasteiger partial charge in [-0.2, -0.15) is 11.3 Å². The van der Waals surface area contributed by atoms with Crippen LogP contribution in [0.25, 0.3) is 11.5 Å². The van der Waals surface area contributed by atoms with Gasteiger partial charge in [0.15, 0.2) is 0 Å². The Bertz CT molecular complexity index is 753. The third-order valence-corrected chi connectivity index (χ3v) is 4.33. The molecule has 0 saturated carbocycles. The van der Waals surface area contributed by atoms with E-state index in [-0.39, 0.29) is 5.91 Å². The fourth-order valence-corrected chi connectivity index (χ4v) is 2.82. The van der Waals surface area contributed by atoms with Crippen molar-refractivity contribution < 1.29 is 9.21 Å². The lowest BCUT2D eigenvalue weighted by Gasteiger charge is -2.03. The monoisotopic (exact) mass is 425 g/mol. The number of carbonyl (C=O) groups excluding carboxylic acids is 1. The van der Waals surface area contributed by atoms with Crippen molar-refractivity contribution in [2.24, 2.45) is 0 Å². The van der Waals surface area contributed by atoms with Crippen molar-refractivity contribution in [3.8, 4) is 11.5 Å². The summed E-state index contributed by atoms with van der Waals surface area (Å²) in [6, 6.07) is 9.57. The Morgan fingerprint density at radius 3 is 2.77 bits per heavy atom. The van der Waals surface area contributed by atoms with E-state index in [2.05, 4.69) is 38.1 Å². The average molecular weight is 425 g/mol.